The molecular weight excluding hydrogens is 152 g/mol. The molecule has 2 aliphatic rings. The van der Waals surface area contributed by atoms with Crippen LogP contribution in [0.2, 0.25) is 0 Å². The Balaban J connectivity index is 2.21. The first kappa shape index (κ1) is 8.24. The molecule has 68 valence electrons. The molecule has 0 aromatic carbocycles. The molecule has 12 heavy (non-hydrogen) atoms. The summed E-state index contributed by atoms with van der Waals surface area (Å²) in [6.45, 7) is 0. The number of aliphatic hydroxyl groups is 1. The van der Waals surface area contributed by atoms with Gasteiger partial charge >= 0.3 is 0 Å². The molecule has 2 saturated carbocycles. The number of fused-ring (bicyclic) bond motifs is 1. The first-order valence-electron chi connectivity index (χ1n) is 4.97. The van der Waals surface area contributed by atoms with Gasteiger partial charge in [0.1, 0.15) is 5.78 Å². The molecule has 0 saturated heterocycles. The van der Waals surface area contributed by atoms with Gasteiger partial charge in [0.25, 0.3) is 0 Å². The lowest BCUT2D eigenvalue weighted by Gasteiger charge is -2.26. The van der Waals surface area contributed by atoms with Crippen molar-refractivity contribution in [3.63, 3.8) is 0 Å². The Morgan fingerprint density at radius 2 is 2.00 bits per heavy atom. The fourth-order valence-electron chi connectivity index (χ4n) is 2.72. The summed E-state index contributed by atoms with van der Waals surface area (Å²) in [5.74, 6) is 0.299. The molecule has 2 atom stereocenters. The molecule has 0 aromatic heterocycles. The van der Waals surface area contributed by atoms with Crippen molar-refractivity contribution >= 4 is 5.78 Å². The van der Waals surface area contributed by atoms with E-state index in [2.05, 4.69) is 0 Å². The van der Waals surface area contributed by atoms with Crippen LogP contribution in [-0.2, 0) is 4.79 Å². The van der Waals surface area contributed by atoms with Gasteiger partial charge in [-0.3, -0.25) is 4.79 Å². The maximum absolute atomic E-state index is 11.5. The molecule has 0 radical (unpaired) electrons. The van der Waals surface area contributed by atoms with Gasteiger partial charge in [-0.1, -0.05) is 6.42 Å². The lowest BCUT2D eigenvalue weighted by atomic mass is 9.86. The molecule has 2 nitrogen and oxygen atoms in total. The zero-order chi connectivity index (χ0) is 8.60. The number of hydrogen-bond acceptors (Lipinski definition) is 2. The second-order valence-corrected chi connectivity index (χ2v) is 4.22. The maximum Gasteiger partial charge on any atom is 0.138 e. The van der Waals surface area contributed by atoms with Gasteiger partial charge < -0.3 is 5.11 Å². The first-order valence-corrected chi connectivity index (χ1v) is 4.97. The molecule has 0 aromatic rings. The lowest BCUT2D eigenvalue weighted by Crippen LogP contribution is -2.36. The zero-order valence-corrected chi connectivity index (χ0v) is 7.38. The van der Waals surface area contributed by atoms with E-state index in [0.29, 0.717) is 12.2 Å². The second kappa shape index (κ2) is 2.84. The maximum atomic E-state index is 11.5. The normalized spacial score (nSPS) is 42.4. The molecule has 2 fully saturated rings. The standard InChI is InChI=1S/C10H16O2/c11-9-5-1-2-6-10(12)7-3-4-8(9)10/h8,12H,1-7H2. The van der Waals surface area contributed by atoms with Crippen LogP contribution in [0.1, 0.15) is 44.9 Å². The molecule has 2 heteroatoms. The minimum Gasteiger partial charge on any atom is -0.389 e. The third-order valence-corrected chi connectivity index (χ3v) is 3.42. The number of ketones is 1. The van der Waals surface area contributed by atoms with E-state index in [1.807, 2.05) is 0 Å². The molecule has 1 N–H and O–H groups in total. The molecule has 2 rings (SSSR count). The van der Waals surface area contributed by atoms with Crippen LogP contribution in [0, 0.1) is 5.92 Å². The summed E-state index contributed by atoms with van der Waals surface area (Å²) in [5, 5.41) is 10.1. The van der Waals surface area contributed by atoms with Gasteiger partial charge in [-0.2, -0.15) is 0 Å². The average molecular weight is 168 g/mol. The summed E-state index contributed by atoms with van der Waals surface area (Å²) in [7, 11) is 0. The highest BCUT2D eigenvalue weighted by Gasteiger charge is 2.45. The van der Waals surface area contributed by atoms with Gasteiger partial charge in [0.2, 0.25) is 0 Å². The van der Waals surface area contributed by atoms with Crippen molar-refractivity contribution in [1.29, 1.82) is 0 Å². The molecule has 0 heterocycles. The summed E-state index contributed by atoms with van der Waals surface area (Å²) < 4.78 is 0. The Hall–Kier alpha value is -0.370. The summed E-state index contributed by atoms with van der Waals surface area (Å²) in [4.78, 5) is 11.5. The number of rotatable bonds is 0. The quantitative estimate of drug-likeness (QED) is 0.597. The minimum atomic E-state index is -0.604. The van der Waals surface area contributed by atoms with Crippen LogP contribution in [-0.4, -0.2) is 16.5 Å². The Morgan fingerprint density at radius 3 is 2.83 bits per heavy atom. The van der Waals surface area contributed by atoms with Gasteiger partial charge in [-0.05, 0) is 32.1 Å². The van der Waals surface area contributed by atoms with E-state index >= 15 is 0 Å². The minimum absolute atomic E-state index is 0.0139. The fourth-order valence-corrected chi connectivity index (χ4v) is 2.72. The van der Waals surface area contributed by atoms with Gasteiger partial charge in [-0.15, -0.1) is 0 Å². The van der Waals surface area contributed by atoms with Gasteiger partial charge in [0.15, 0.2) is 0 Å². The van der Waals surface area contributed by atoms with E-state index in [-0.39, 0.29) is 5.92 Å². The average Bonchev–Trinajstić information content (AvgIpc) is 2.36. The Labute approximate surface area is 73.0 Å². The highest BCUT2D eigenvalue weighted by Crippen LogP contribution is 2.42. The van der Waals surface area contributed by atoms with Crippen molar-refractivity contribution in [3.05, 3.63) is 0 Å². The van der Waals surface area contributed by atoms with E-state index < -0.39 is 5.60 Å². The molecule has 0 amide bonds. The van der Waals surface area contributed by atoms with Gasteiger partial charge in [-0.25, -0.2) is 0 Å². The van der Waals surface area contributed by atoms with Crippen molar-refractivity contribution in [3.8, 4) is 0 Å². The Bertz CT molecular complexity index is 200. The Morgan fingerprint density at radius 1 is 1.25 bits per heavy atom. The van der Waals surface area contributed by atoms with Crippen molar-refractivity contribution < 1.29 is 9.90 Å². The second-order valence-electron chi connectivity index (χ2n) is 4.22. The summed E-state index contributed by atoms with van der Waals surface area (Å²) in [5.41, 5.74) is -0.604. The molecule has 2 aliphatic carbocycles. The molecule has 2 unspecified atom stereocenters. The lowest BCUT2D eigenvalue weighted by molar-refractivity contribution is -0.129. The van der Waals surface area contributed by atoms with Crippen LogP contribution in [0.3, 0.4) is 0 Å². The van der Waals surface area contributed by atoms with Crippen LogP contribution >= 0.6 is 0 Å². The topological polar surface area (TPSA) is 37.3 Å². The van der Waals surface area contributed by atoms with Crippen LogP contribution in [0.5, 0.6) is 0 Å². The molecular formula is C10H16O2. The SMILES string of the molecule is O=C1CCCCC2(O)CCCC12. The predicted octanol–water partition coefficient (Wildman–Crippen LogP) is 1.66. The summed E-state index contributed by atoms with van der Waals surface area (Å²) >= 11 is 0. The highest BCUT2D eigenvalue weighted by molar-refractivity contribution is 5.82. The number of carbonyl (C=O) groups excluding carboxylic acids is 1. The monoisotopic (exact) mass is 168 g/mol. The van der Waals surface area contributed by atoms with E-state index in [9.17, 15) is 9.90 Å². The van der Waals surface area contributed by atoms with E-state index in [0.717, 1.165) is 38.5 Å². The fraction of sp³-hybridized carbons (Fsp3) is 0.900. The Kier molecular flexibility index (Phi) is 1.95. The van der Waals surface area contributed by atoms with E-state index in [4.69, 9.17) is 0 Å². The largest absolute Gasteiger partial charge is 0.389 e. The van der Waals surface area contributed by atoms with Crippen molar-refractivity contribution in [2.24, 2.45) is 5.92 Å². The predicted molar refractivity (Wildman–Crippen MR) is 45.8 cm³/mol. The molecule has 0 bridgehead atoms. The highest BCUT2D eigenvalue weighted by atomic mass is 16.3. The van der Waals surface area contributed by atoms with Gasteiger partial charge in [0, 0.05) is 12.3 Å². The zero-order valence-electron chi connectivity index (χ0n) is 7.38. The van der Waals surface area contributed by atoms with Crippen molar-refractivity contribution in [1.82, 2.24) is 0 Å². The van der Waals surface area contributed by atoms with Crippen LogP contribution < -0.4 is 0 Å². The van der Waals surface area contributed by atoms with Crippen molar-refractivity contribution in [2.75, 3.05) is 0 Å². The molecule has 0 aliphatic heterocycles. The van der Waals surface area contributed by atoms with Crippen molar-refractivity contribution in [2.45, 2.75) is 50.5 Å². The smallest absolute Gasteiger partial charge is 0.138 e. The van der Waals surface area contributed by atoms with Crippen LogP contribution in [0.4, 0.5) is 0 Å². The molecule has 0 spiro atoms. The summed E-state index contributed by atoms with van der Waals surface area (Å²) in [6.07, 6.45) is 6.37. The summed E-state index contributed by atoms with van der Waals surface area (Å²) in [6, 6.07) is 0. The van der Waals surface area contributed by atoms with Crippen LogP contribution in [0.25, 0.3) is 0 Å². The van der Waals surface area contributed by atoms with Crippen LogP contribution in [0.15, 0.2) is 0 Å². The number of carbonyl (C=O) groups is 1. The van der Waals surface area contributed by atoms with Gasteiger partial charge in [0.05, 0.1) is 5.60 Å². The number of hydrogen-bond donors (Lipinski definition) is 1. The first-order chi connectivity index (χ1) is 5.72. The third-order valence-electron chi connectivity index (χ3n) is 3.42. The third kappa shape index (κ3) is 1.18. The number of Topliss-reactive ketones (excluding diaryl/α,β-unsaturated/α-hetero) is 1. The van der Waals surface area contributed by atoms with E-state index in [1.165, 1.54) is 0 Å². The van der Waals surface area contributed by atoms with E-state index in [1.54, 1.807) is 0 Å².